The molecule has 0 bridgehead atoms. The zero-order valence-corrected chi connectivity index (χ0v) is 11.8. The van der Waals surface area contributed by atoms with E-state index >= 15 is 0 Å². The summed E-state index contributed by atoms with van der Waals surface area (Å²) in [7, 11) is 3.09. The second-order valence-corrected chi connectivity index (χ2v) is 4.37. The molecule has 2 aromatic rings. The first-order chi connectivity index (χ1) is 9.93. The summed E-state index contributed by atoms with van der Waals surface area (Å²) in [5.74, 6) is -0.342. The number of rotatable bonds is 4. The van der Waals surface area contributed by atoms with Gasteiger partial charge in [-0.25, -0.2) is 0 Å². The minimum Gasteiger partial charge on any atom is -0.490 e. The topological polar surface area (TPSA) is 99.3 Å². The summed E-state index contributed by atoms with van der Waals surface area (Å²) in [6.07, 6.45) is 1.52. The Kier molecular flexibility index (Phi) is 3.88. The smallest absolute Gasteiger partial charge is 0.311 e. The van der Waals surface area contributed by atoms with Gasteiger partial charge in [-0.15, -0.1) is 0 Å². The third-order valence-electron chi connectivity index (χ3n) is 3.12. The molecule has 0 aliphatic carbocycles. The lowest BCUT2D eigenvalue weighted by atomic mass is 10.1. The van der Waals surface area contributed by atoms with Gasteiger partial charge in [0.25, 0.3) is 5.91 Å². The third-order valence-corrected chi connectivity index (χ3v) is 3.12. The van der Waals surface area contributed by atoms with E-state index in [9.17, 15) is 14.9 Å². The van der Waals surface area contributed by atoms with Crippen LogP contribution in [0.4, 0.5) is 11.4 Å². The van der Waals surface area contributed by atoms with Gasteiger partial charge in [0.2, 0.25) is 0 Å². The van der Waals surface area contributed by atoms with Crippen molar-refractivity contribution in [3.8, 4) is 5.75 Å². The highest BCUT2D eigenvalue weighted by Gasteiger charge is 2.19. The number of anilines is 1. The van der Waals surface area contributed by atoms with E-state index in [0.717, 1.165) is 5.69 Å². The molecule has 1 heterocycles. The Morgan fingerprint density at radius 1 is 1.48 bits per heavy atom. The van der Waals surface area contributed by atoms with Crippen molar-refractivity contribution < 1.29 is 14.5 Å². The number of nitrogens with one attached hydrogen (secondary N) is 1. The van der Waals surface area contributed by atoms with E-state index in [-0.39, 0.29) is 17.0 Å². The average Bonchev–Trinajstić information content (AvgIpc) is 2.78. The SMILES string of the molecule is COc1ccc(C(=O)Nc2cnn(C)c2C)cc1[N+](=O)[O-]. The van der Waals surface area contributed by atoms with Crippen LogP contribution >= 0.6 is 0 Å². The van der Waals surface area contributed by atoms with Crippen LogP contribution in [0.2, 0.25) is 0 Å². The number of nitrogens with zero attached hydrogens (tertiary/aromatic N) is 3. The van der Waals surface area contributed by atoms with Gasteiger partial charge in [-0.3, -0.25) is 19.6 Å². The fraction of sp³-hybridized carbons (Fsp3) is 0.231. The van der Waals surface area contributed by atoms with Crippen molar-refractivity contribution in [2.24, 2.45) is 7.05 Å². The lowest BCUT2D eigenvalue weighted by molar-refractivity contribution is -0.385. The van der Waals surface area contributed by atoms with Crippen LogP contribution in [0.15, 0.2) is 24.4 Å². The molecule has 1 amide bonds. The molecule has 0 aliphatic heterocycles. The predicted octanol–water partition coefficient (Wildman–Crippen LogP) is 1.90. The zero-order chi connectivity index (χ0) is 15.6. The second kappa shape index (κ2) is 5.61. The first-order valence-corrected chi connectivity index (χ1v) is 6.06. The molecule has 21 heavy (non-hydrogen) atoms. The van der Waals surface area contributed by atoms with E-state index < -0.39 is 10.8 Å². The number of methoxy groups -OCH3 is 1. The summed E-state index contributed by atoms with van der Waals surface area (Å²) >= 11 is 0. The van der Waals surface area contributed by atoms with Crippen molar-refractivity contribution in [3.05, 3.63) is 45.8 Å². The van der Waals surface area contributed by atoms with Gasteiger partial charge in [0.05, 0.1) is 29.6 Å². The van der Waals surface area contributed by atoms with Crippen molar-refractivity contribution in [1.82, 2.24) is 9.78 Å². The Labute approximate surface area is 120 Å². The molecule has 0 saturated heterocycles. The van der Waals surface area contributed by atoms with Gasteiger partial charge in [0, 0.05) is 18.7 Å². The summed E-state index contributed by atoms with van der Waals surface area (Å²) in [6, 6.07) is 4.04. The first-order valence-electron chi connectivity index (χ1n) is 6.06. The average molecular weight is 290 g/mol. The number of amides is 1. The normalized spacial score (nSPS) is 10.2. The molecule has 1 N–H and O–H groups in total. The van der Waals surface area contributed by atoms with Crippen LogP contribution in [0.5, 0.6) is 5.75 Å². The minimum absolute atomic E-state index is 0.106. The molecule has 8 nitrogen and oxygen atoms in total. The Morgan fingerprint density at radius 2 is 2.19 bits per heavy atom. The highest BCUT2D eigenvalue weighted by molar-refractivity contribution is 6.05. The molecule has 8 heteroatoms. The van der Waals surface area contributed by atoms with E-state index in [1.807, 2.05) is 0 Å². The number of benzene rings is 1. The summed E-state index contributed by atoms with van der Waals surface area (Å²) in [4.78, 5) is 22.5. The van der Waals surface area contributed by atoms with E-state index in [1.165, 1.54) is 31.5 Å². The predicted molar refractivity (Wildman–Crippen MR) is 75.5 cm³/mol. The van der Waals surface area contributed by atoms with Crippen LogP contribution in [0.1, 0.15) is 16.1 Å². The molecule has 0 radical (unpaired) electrons. The van der Waals surface area contributed by atoms with Crippen molar-refractivity contribution >= 4 is 17.3 Å². The van der Waals surface area contributed by atoms with E-state index in [1.54, 1.807) is 18.7 Å². The number of carbonyl (C=O) groups excluding carboxylic acids is 1. The number of hydrogen-bond acceptors (Lipinski definition) is 5. The van der Waals surface area contributed by atoms with Crippen molar-refractivity contribution in [1.29, 1.82) is 0 Å². The quantitative estimate of drug-likeness (QED) is 0.684. The van der Waals surface area contributed by atoms with Crippen LogP contribution < -0.4 is 10.1 Å². The molecule has 0 saturated carbocycles. The molecule has 2 rings (SSSR count). The lowest BCUT2D eigenvalue weighted by Gasteiger charge is -2.06. The van der Waals surface area contributed by atoms with Crippen LogP contribution in [0.25, 0.3) is 0 Å². The Bertz CT molecular complexity index is 708. The summed E-state index contributed by atoms with van der Waals surface area (Å²) < 4.78 is 6.51. The number of carbonyl (C=O) groups is 1. The molecule has 0 spiro atoms. The van der Waals surface area contributed by atoms with Gasteiger partial charge >= 0.3 is 5.69 Å². The minimum atomic E-state index is -0.592. The highest BCUT2D eigenvalue weighted by atomic mass is 16.6. The zero-order valence-electron chi connectivity index (χ0n) is 11.8. The van der Waals surface area contributed by atoms with E-state index in [2.05, 4.69) is 10.4 Å². The molecule has 0 aliphatic rings. The van der Waals surface area contributed by atoms with E-state index in [4.69, 9.17) is 4.74 Å². The molecule has 110 valence electrons. The number of hydrogen-bond donors (Lipinski definition) is 1. The van der Waals surface area contributed by atoms with Gasteiger partial charge in [-0.2, -0.15) is 5.10 Å². The van der Waals surface area contributed by atoms with Crippen LogP contribution in [-0.2, 0) is 7.05 Å². The number of nitro benzene ring substituents is 1. The van der Waals surface area contributed by atoms with Gasteiger partial charge in [-0.05, 0) is 19.1 Å². The maximum absolute atomic E-state index is 12.1. The fourth-order valence-corrected chi connectivity index (χ4v) is 1.79. The monoisotopic (exact) mass is 290 g/mol. The maximum atomic E-state index is 12.1. The second-order valence-electron chi connectivity index (χ2n) is 4.37. The summed E-state index contributed by atoms with van der Waals surface area (Å²) in [5.41, 5.74) is 1.26. The number of nitro groups is 1. The highest BCUT2D eigenvalue weighted by Crippen LogP contribution is 2.28. The van der Waals surface area contributed by atoms with Crippen molar-refractivity contribution in [3.63, 3.8) is 0 Å². The number of aromatic nitrogens is 2. The van der Waals surface area contributed by atoms with Crippen molar-refractivity contribution in [2.75, 3.05) is 12.4 Å². The molecule has 0 fully saturated rings. The summed E-state index contributed by atoms with van der Waals surface area (Å²) in [6.45, 7) is 1.80. The van der Waals surface area contributed by atoms with Gasteiger partial charge < -0.3 is 10.1 Å². The molecule has 0 atom stereocenters. The molecular formula is C13H14N4O4. The van der Waals surface area contributed by atoms with Crippen molar-refractivity contribution in [2.45, 2.75) is 6.92 Å². The van der Waals surface area contributed by atoms with Crippen LogP contribution in [0.3, 0.4) is 0 Å². The van der Waals surface area contributed by atoms with E-state index in [0.29, 0.717) is 5.69 Å². The third kappa shape index (κ3) is 2.83. The Hall–Kier alpha value is -2.90. The standard InChI is InChI=1S/C13H14N4O4/c1-8-10(7-14-16(8)2)15-13(18)9-4-5-12(21-3)11(6-9)17(19)20/h4-7H,1-3H3,(H,15,18). The maximum Gasteiger partial charge on any atom is 0.311 e. The number of aryl methyl sites for hydroxylation is 1. The van der Waals surface area contributed by atoms with Gasteiger partial charge in [-0.1, -0.05) is 0 Å². The molecular weight excluding hydrogens is 276 g/mol. The molecule has 1 aromatic carbocycles. The lowest BCUT2D eigenvalue weighted by Crippen LogP contribution is -2.13. The van der Waals surface area contributed by atoms with Gasteiger partial charge in [0.1, 0.15) is 0 Å². The largest absolute Gasteiger partial charge is 0.490 e. The Balaban J connectivity index is 2.29. The van der Waals surface area contributed by atoms with Crippen LogP contribution in [-0.4, -0.2) is 27.7 Å². The first kappa shape index (κ1) is 14.5. The van der Waals surface area contributed by atoms with Gasteiger partial charge in [0.15, 0.2) is 5.75 Å². The summed E-state index contributed by atoms with van der Waals surface area (Å²) in [5, 5.41) is 17.6. The number of ether oxygens (including phenoxy) is 1. The van der Waals surface area contributed by atoms with Crippen LogP contribution in [0, 0.1) is 17.0 Å². The molecule has 0 unspecified atom stereocenters. The molecule has 1 aromatic heterocycles. The Morgan fingerprint density at radius 3 is 2.71 bits per heavy atom. The fourth-order valence-electron chi connectivity index (χ4n) is 1.79.